The molecule has 2 rings (SSSR count). The van der Waals surface area contributed by atoms with Crippen LogP contribution in [0.2, 0.25) is 0 Å². The van der Waals surface area contributed by atoms with Crippen LogP contribution in [-0.4, -0.2) is 35.1 Å². The number of nitrogens with zero attached hydrogens (tertiary/aromatic N) is 1. The van der Waals surface area contributed by atoms with Gasteiger partial charge in [0.2, 0.25) is 6.41 Å². The summed E-state index contributed by atoms with van der Waals surface area (Å²) in [6, 6.07) is 10.0. The van der Waals surface area contributed by atoms with Crippen molar-refractivity contribution in [3.05, 3.63) is 35.9 Å². The van der Waals surface area contributed by atoms with Crippen molar-refractivity contribution >= 4 is 6.41 Å². The highest BCUT2D eigenvalue weighted by molar-refractivity contribution is 5.47. The summed E-state index contributed by atoms with van der Waals surface area (Å²) in [7, 11) is 0. The first-order valence-electron chi connectivity index (χ1n) is 5.67. The van der Waals surface area contributed by atoms with E-state index < -0.39 is 5.60 Å². The third-order valence-electron chi connectivity index (χ3n) is 3.25. The number of benzene rings is 1. The fourth-order valence-electron chi connectivity index (χ4n) is 2.20. The summed E-state index contributed by atoms with van der Waals surface area (Å²) in [5.74, 6) is 0. The van der Waals surface area contributed by atoms with Crippen LogP contribution in [0.15, 0.2) is 30.3 Å². The lowest BCUT2D eigenvalue weighted by atomic mass is 9.85. The maximum atomic E-state index is 10.6. The van der Waals surface area contributed by atoms with Gasteiger partial charge in [-0.3, -0.25) is 4.79 Å². The number of likely N-dealkylation sites (tertiary alicyclic amines) is 1. The second kappa shape index (κ2) is 4.66. The van der Waals surface area contributed by atoms with Crippen molar-refractivity contribution in [2.45, 2.75) is 24.9 Å². The average Bonchev–Trinajstić information content (AvgIpc) is 2.31. The van der Waals surface area contributed by atoms with Crippen LogP contribution in [0, 0.1) is 0 Å². The lowest BCUT2D eigenvalue weighted by Gasteiger charge is -2.36. The second-order valence-electron chi connectivity index (χ2n) is 4.53. The first-order valence-corrected chi connectivity index (χ1v) is 5.67. The van der Waals surface area contributed by atoms with Crippen LogP contribution < -0.4 is 0 Å². The number of carbonyl (C=O) groups excluding carboxylic acids is 1. The Morgan fingerprint density at radius 2 is 1.88 bits per heavy atom. The topological polar surface area (TPSA) is 40.5 Å². The van der Waals surface area contributed by atoms with Crippen LogP contribution in [0.25, 0.3) is 0 Å². The number of hydrogen-bond acceptors (Lipinski definition) is 2. The Hall–Kier alpha value is -1.35. The Morgan fingerprint density at radius 3 is 2.44 bits per heavy atom. The highest BCUT2D eigenvalue weighted by Crippen LogP contribution is 2.25. The third kappa shape index (κ3) is 2.61. The SMILES string of the molecule is O=CN1CCC(O)(Cc2ccccc2)CC1. The molecular weight excluding hydrogens is 202 g/mol. The maximum absolute atomic E-state index is 10.6. The molecule has 1 aliphatic rings. The summed E-state index contributed by atoms with van der Waals surface area (Å²) < 4.78 is 0. The molecule has 86 valence electrons. The van der Waals surface area contributed by atoms with Gasteiger partial charge in [0.05, 0.1) is 5.60 Å². The molecule has 1 aromatic carbocycles. The zero-order valence-electron chi connectivity index (χ0n) is 9.30. The van der Waals surface area contributed by atoms with Crippen LogP contribution in [0.3, 0.4) is 0 Å². The molecule has 0 aromatic heterocycles. The highest BCUT2D eigenvalue weighted by Gasteiger charge is 2.31. The Morgan fingerprint density at radius 1 is 1.25 bits per heavy atom. The normalized spacial score (nSPS) is 19.4. The average molecular weight is 219 g/mol. The van der Waals surface area contributed by atoms with Crippen molar-refractivity contribution in [1.82, 2.24) is 4.90 Å². The molecule has 0 unspecified atom stereocenters. The van der Waals surface area contributed by atoms with Crippen LogP contribution in [0.4, 0.5) is 0 Å². The predicted molar refractivity (Wildman–Crippen MR) is 62.0 cm³/mol. The van der Waals surface area contributed by atoms with E-state index >= 15 is 0 Å². The van der Waals surface area contributed by atoms with Gasteiger partial charge in [-0.05, 0) is 18.4 Å². The van der Waals surface area contributed by atoms with E-state index in [1.54, 1.807) is 4.90 Å². The Bertz CT molecular complexity index is 342. The van der Waals surface area contributed by atoms with Gasteiger partial charge in [-0.2, -0.15) is 0 Å². The molecule has 1 N–H and O–H groups in total. The molecular formula is C13H17NO2. The lowest BCUT2D eigenvalue weighted by Crippen LogP contribution is -2.45. The van der Waals surface area contributed by atoms with Gasteiger partial charge in [0, 0.05) is 19.5 Å². The van der Waals surface area contributed by atoms with Crippen molar-refractivity contribution in [3.8, 4) is 0 Å². The van der Waals surface area contributed by atoms with E-state index in [4.69, 9.17) is 0 Å². The number of piperidine rings is 1. The van der Waals surface area contributed by atoms with Gasteiger partial charge < -0.3 is 10.0 Å². The lowest BCUT2D eigenvalue weighted by molar-refractivity contribution is -0.122. The van der Waals surface area contributed by atoms with Crippen molar-refractivity contribution in [2.75, 3.05) is 13.1 Å². The fourth-order valence-corrected chi connectivity index (χ4v) is 2.20. The molecule has 0 radical (unpaired) electrons. The molecule has 1 amide bonds. The summed E-state index contributed by atoms with van der Waals surface area (Å²) in [5.41, 5.74) is 0.519. The molecule has 1 saturated heterocycles. The molecule has 1 heterocycles. The zero-order chi connectivity index (χ0) is 11.4. The minimum Gasteiger partial charge on any atom is -0.389 e. The number of carbonyl (C=O) groups is 1. The molecule has 1 fully saturated rings. The van der Waals surface area contributed by atoms with Crippen LogP contribution in [0.1, 0.15) is 18.4 Å². The Kier molecular flexibility index (Phi) is 3.25. The maximum Gasteiger partial charge on any atom is 0.209 e. The van der Waals surface area contributed by atoms with E-state index in [1.807, 2.05) is 30.3 Å². The minimum atomic E-state index is -0.638. The quantitative estimate of drug-likeness (QED) is 0.776. The van der Waals surface area contributed by atoms with Crippen molar-refractivity contribution < 1.29 is 9.90 Å². The first kappa shape index (κ1) is 11.1. The molecule has 3 heteroatoms. The number of rotatable bonds is 3. The Balaban J connectivity index is 1.97. The van der Waals surface area contributed by atoms with E-state index in [-0.39, 0.29) is 0 Å². The highest BCUT2D eigenvalue weighted by atomic mass is 16.3. The van der Waals surface area contributed by atoms with Crippen LogP contribution in [-0.2, 0) is 11.2 Å². The summed E-state index contributed by atoms with van der Waals surface area (Å²) in [5, 5.41) is 10.4. The molecule has 16 heavy (non-hydrogen) atoms. The smallest absolute Gasteiger partial charge is 0.209 e. The molecule has 1 aliphatic heterocycles. The molecule has 0 aliphatic carbocycles. The molecule has 0 bridgehead atoms. The summed E-state index contributed by atoms with van der Waals surface area (Å²) in [6.07, 6.45) is 2.88. The van der Waals surface area contributed by atoms with Gasteiger partial charge in [-0.1, -0.05) is 30.3 Å². The number of amides is 1. The van der Waals surface area contributed by atoms with Gasteiger partial charge >= 0.3 is 0 Å². The largest absolute Gasteiger partial charge is 0.389 e. The second-order valence-corrected chi connectivity index (χ2v) is 4.53. The predicted octanol–water partition coefficient (Wildman–Crippen LogP) is 1.21. The third-order valence-corrected chi connectivity index (χ3v) is 3.25. The Labute approximate surface area is 95.7 Å². The molecule has 1 aromatic rings. The fraction of sp³-hybridized carbons (Fsp3) is 0.462. The van der Waals surface area contributed by atoms with Crippen molar-refractivity contribution in [3.63, 3.8) is 0 Å². The molecule has 0 atom stereocenters. The van der Waals surface area contributed by atoms with Crippen LogP contribution in [0.5, 0.6) is 0 Å². The zero-order valence-corrected chi connectivity index (χ0v) is 9.30. The van der Waals surface area contributed by atoms with E-state index in [2.05, 4.69) is 0 Å². The van der Waals surface area contributed by atoms with Gasteiger partial charge in [0.15, 0.2) is 0 Å². The number of aliphatic hydroxyl groups is 1. The first-order chi connectivity index (χ1) is 7.72. The number of hydrogen-bond donors (Lipinski definition) is 1. The van der Waals surface area contributed by atoms with Crippen LogP contribution >= 0.6 is 0 Å². The van der Waals surface area contributed by atoms with E-state index in [9.17, 15) is 9.90 Å². The van der Waals surface area contributed by atoms with Gasteiger partial charge in [0.1, 0.15) is 0 Å². The molecule has 0 spiro atoms. The summed E-state index contributed by atoms with van der Waals surface area (Å²) >= 11 is 0. The minimum absolute atomic E-state index is 0.638. The van der Waals surface area contributed by atoms with E-state index in [1.165, 1.54) is 0 Å². The monoisotopic (exact) mass is 219 g/mol. The summed E-state index contributed by atoms with van der Waals surface area (Å²) in [4.78, 5) is 12.3. The van der Waals surface area contributed by atoms with Crippen molar-refractivity contribution in [2.24, 2.45) is 0 Å². The van der Waals surface area contributed by atoms with Crippen molar-refractivity contribution in [1.29, 1.82) is 0 Å². The molecule has 3 nitrogen and oxygen atoms in total. The van der Waals surface area contributed by atoms with Gasteiger partial charge in [-0.25, -0.2) is 0 Å². The van der Waals surface area contributed by atoms with E-state index in [0.29, 0.717) is 32.4 Å². The standard InChI is InChI=1S/C13H17NO2/c15-11-14-8-6-13(16,7-9-14)10-12-4-2-1-3-5-12/h1-5,11,16H,6-10H2. The van der Waals surface area contributed by atoms with Gasteiger partial charge in [0.25, 0.3) is 0 Å². The van der Waals surface area contributed by atoms with Gasteiger partial charge in [-0.15, -0.1) is 0 Å². The van der Waals surface area contributed by atoms with E-state index in [0.717, 1.165) is 12.0 Å². The summed E-state index contributed by atoms with van der Waals surface area (Å²) in [6.45, 7) is 1.32. The molecule has 0 saturated carbocycles.